The van der Waals surface area contributed by atoms with Crippen molar-refractivity contribution in [2.24, 2.45) is 0 Å². The first kappa shape index (κ1) is 36.0. The van der Waals surface area contributed by atoms with Gasteiger partial charge in [0.25, 0.3) is 0 Å². The Morgan fingerprint density at radius 1 is 0.559 bits per heavy atom. The Balaban J connectivity index is 0. The van der Waals surface area contributed by atoms with E-state index in [1.807, 2.05) is 0 Å². The lowest BCUT2D eigenvalue weighted by Crippen LogP contribution is -2.50. The molecule has 0 saturated carbocycles. The molecule has 6 heteroatoms. The molecule has 1 atom stereocenters. The molecular weight excluding hydrogens is 449 g/mol. The van der Waals surface area contributed by atoms with Crippen molar-refractivity contribution < 1.29 is 21.8 Å². The van der Waals surface area contributed by atoms with Gasteiger partial charge in [-0.1, -0.05) is 86.0 Å². The number of hydrogen-bond acceptors (Lipinski definition) is 3. The SMILES string of the molecule is CCCCCCCC(F)S(=O)(=O)[O-].CCCCC[N+](CCCCC)(CCCCC)CCCCC. The van der Waals surface area contributed by atoms with Gasteiger partial charge in [0.05, 0.1) is 26.2 Å². The van der Waals surface area contributed by atoms with Crippen molar-refractivity contribution in [3.63, 3.8) is 0 Å². The molecule has 0 heterocycles. The minimum atomic E-state index is -4.71. The molecule has 1 unspecified atom stereocenters. The fourth-order valence-electron chi connectivity index (χ4n) is 4.51. The van der Waals surface area contributed by atoms with Gasteiger partial charge in [-0.25, -0.2) is 12.8 Å². The molecule has 208 valence electrons. The maximum absolute atomic E-state index is 12.5. The Bertz CT molecular complexity index is 468. The molecule has 4 nitrogen and oxygen atoms in total. The van der Waals surface area contributed by atoms with Gasteiger partial charge < -0.3 is 9.04 Å². The summed E-state index contributed by atoms with van der Waals surface area (Å²) in [5.74, 6) is 0. The number of hydrogen-bond donors (Lipinski definition) is 0. The van der Waals surface area contributed by atoms with Crippen molar-refractivity contribution in [1.82, 2.24) is 0 Å². The minimum absolute atomic E-state index is 0.157. The van der Waals surface area contributed by atoms with Crippen molar-refractivity contribution in [3.8, 4) is 0 Å². The summed E-state index contributed by atoms with van der Waals surface area (Å²) in [6, 6.07) is 0. The number of halogens is 1. The fraction of sp³-hybridized carbons (Fsp3) is 1.00. The Hall–Kier alpha value is -0.200. The van der Waals surface area contributed by atoms with E-state index in [-0.39, 0.29) is 6.42 Å². The monoisotopic (exact) mass is 509 g/mol. The van der Waals surface area contributed by atoms with Gasteiger partial charge in [0.15, 0.2) is 5.50 Å². The Kier molecular flexibility index (Phi) is 25.9. The van der Waals surface area contributed by atoms with Crippen molar-refractivity contribution in [3.05, 3.63) is 0 Å². The summed E-state index contributed by atoms with van der Waals surface area (Å²) < 4.78 is 44.3. The zero-order valence-corrected chi connectivity index (χ0v) is 24.4. The molecule has 0 N–H and O–H groups in total. The number of alkyl halides is 1. The third-order valence-corrected chi connectivity index (χ3v) is 7.65. The maximum atomic E-state index is 12.5. The molecule has 0 rings (SSSR count). The fourth-order valence-corrected chi connectivity index (χ4v) is 4.97. The van der Waals surface area contributed by atoms with Crippen LogP contribution in [0.4, 0.5) is 4.39 Å². The van der Waals surface area contributed by atoms with Crippen LogP contribution in [0, 0.1) is 0 Å². The van der Waals surface area contributed by atoms with Crippen LogP contribution in [0.2, 0.25) is 0 Å². The molecule has 0 aliphatic carbocycles. The second-order valence-corrected chi connectivity index (χ2v) is 11.7. The highest BCUT2D eigenvalue weighted by Crippen LogP contribution is 2.18. The second-order valence-electron chi connectivity index (χ2n) is 10.2. The highest BCUT2D eigenvalue weighted by atomic mass is 32.2. The van der Waals surface area contributed by atoms with E-state index < -0.39 is 15.6 Å². The van der Waals surface area contributed by atoms with E-state index in [1.54, 1.807) is 0 Å². The number of rotatable bonds is 23. The third kappa shape index (κ3) is 22.3. The van der Waals surface area contributed by atoms with E-state index in [9.17, 15) is 17.4 Å². The summed E-state index contributed by atoms with van der Waals surface area (Å²) in [6.07, 6.45) is 21.2. The zero-order chi connectivity index (χ0) is 26.1. The summed E-state index contributed by atoms with van der Waals surface area (Å²) in [5.41, 5.74) is -2.21. The standard InChI is InChI=1S/C20H44N.C8H17FO3S/c1-5-9-13-17-21(18-14-10-6-2,19-15-11-7-3)20-16-12-8-4;1-2-3-4-5-6-7-8(9)13(10,11)12/h5-20H2,1-4H3;8H,2-7H2,1H3,(H,10,11,12)/q+1;/p-1. The van der Waals surface area contributed by atoms with Gasteiger partial charge in [-0.3, -0.25) is 0 Å². The quantitative estimate of drug-likeness (QED) is 0.0785. The molecule has 0 fully saturated rings. The molecule has 0 bridgehead atoms. The topological polar surface area (TPSA) is 57.2 Å². The minimum Gasteiger partial charge on any atom is -0.746 e. The first-order valence-corrected chi connectivity index (χ1v) is 16.1. The average Bonchev–Trinajstić information content (AvgIpc) is 2.79. The van der Waals surface area contributed by atoms with E-state index in [0.717, 1.165) is 25.7 Å². The molecule has 0 aliphatic rings. The highest BCUT2D eigenvalue weighted by molar-refractivity contribution is 7.86. The van der Waals surface area contributed by atoms with Crippen LogP contribution >= 0.6 is 0 Å². The highest BCUT2D eigenvalue weighted by Gasteiger charge is 2.25. The van der Waals surface area contributed by atoms with E-state index in [0.29, 0.717) is 6.42 Å². The smallest absolute Gasteiger partial charge is 0.189 e. The Labute approximate surface area is 213 Å². The third-order valence-electron chi connectivity index (χ3n) is 6.79. The molecule has 0 spiro atoms. The van der Waals surface area contributed by atoms with Gasteiger partial charge in [0.1, 0.15) is 10.1 Å². The number of nitrogens with zero attached hydrogens (tertiary/aromatic N) is 1. The van der Waals surface area contributed by atoms with E-state index in [2.05, 4.69) is 34.6 Å². The van der Waals surface area contributed by atoms with Crippen LogP contribution in [0.3, 0.4) is 0 Å². The van der Waals surface area contributed by atoms with Gasteiger partial charge in [0, 0.05) is 0 Å². The van der Waals surface area contributed by atoms with Crippen molar-refractivity contribution >= 4 is 10.1 Å². The van der Waals surface area contributed by atoms with Gasteiger partial charge >= 0.3 is 0 Å². The number of quaternary nitrogens is 1. The average molecular weight is 510 g/mol. The number of unbranched alkanes of at least 4 members (excludes halogenated alkanes) is 12. The second kappa shape index (κ2) is 24.5. The van der Waals surface area contributed by atoms with Gasteiger partial charge in [-0.2, -0.15) is 0 Å². The van der Waals surface area contributed by atoms with Crippen LogP contribution < -0.4 is 0 Å². The van der Waals surface area contributed by atoms with Crippen molar-refractivity contribution in [1.29, 1.82) is 0 Å². The van der Waals surface area contributed by atoms with Gasteiger partial charge in [0.2, 0.25) is 0 Å². The Morgan fingerprint density at radius 2 is 0.853 bits per heavy atom. The maximum Gasteiger partial charge on any atom is 0.189 e. The molecule has 0 radical (unpaired) electrons. The lowest BCUT2D eigenvalue weighted by atomic mass is 10.1. The lowest BCUT2D eigenvalue weighted by molar-refractivity contribution is -0.929. The summed E-state index contributed by atoms with van der Waals surface area (Å²) in [6.45, 7) is 17.2. The summed E-state index contributed by atoms with van der Waals surface area (Å²) in [4.78, 5) is 0. The molecule has 0 saturated heterocycles. The zero-order valence-electron chi connectivity index (χ0n) is 23.6. The van der Waals surface area contributed by atoms with Crippen molar-refractivity contribution in [2.45, 2.75) is 156 Å². The first-order chi connectivity index (χ1) is 16.2. The van der Waals surface area contributed by atoms with Crippen molar-refractivity contribution in [2.75, 3.05) is 26.2 Å². The lowest BCUT2D eigenvalue weighted by Gasteiger charge is -2.39. The largest absolute Gasteiger partial charge is 0.746 e. The molecule has 0 amide bonds. The summed E-state index contributed by atoms with van der Waals surface area (Å²) >= 11 is 0. The molecule has 0 aromatic heterocycles. The van der Waals surface area contributed by atoms with E-state index in [4.69, 9.17) is 0 Å². The molecule has 0 aromatic rings. The molecular formula is C28H60FNO3S. The summed E-state index contributed by atoms with van der Waals surface area (Å²) in [5, 5.41) is 0. The van der Waals surface area contributed by atoms with Gasteiger partial charge in [-0.05, 0) is 64.2 Å². The normalized spacial score (nSPS) is 12.9. The predicted octanol–water partition coefficient (Wildman–Crippen LogP) is 8.75. The van der Waals surface area contributed by atoms with E-state index >= 15 is 0 Å². The van der Waals surface area contributed by atoms with Gasteiger partial charge in [-0.15, -0.1) is 0 Å². The van der Waals surface area contributed by atoms with Crippen LogP contribution in [-0.4, -0.2) is 49.1 Å². The van der Waals surface area contributed by atoms with Crippen LogP contribution in [0.25, 0.3) is 0 Å². The predicted molar refractivity (Wildman–Crippen MR) is 146 cm³/mol. The van der Waals surface area contributed by atoms with Crippen LogP contribution in [0.1, 0.15) is 150 Å². The first-order valence-electron chi connectivity index (χ1n) is 14.7. The summed E-state index contributed by atoms with van der Waals surface area (Å²) in [7, 11) is -4.71. The van der Waals surface area contributed by atoms with Crippen LogP contribution in [0.15, 0.2) is 0 Å². The van der Waals surface area contributed by atoms with Crippen LogP contribution in [0.5, 0.6) is 0 Å². The van der Waals surface area contributed by atoms with Crippen LogP contribution in [-0.2, 0) is 10.1 Å². The molecule has 0 aromatic carbocycles. The molecule has 0 aliphatic heterocycles. The van der Waals surface area contributed by atoms with E-state index in [1.165, 1.54) is 108 Å². The molecule has 34 heavy (non-hydrogen) atoms. The Morgan fingerprint density at radius 3 is 1.15 bits per heavy atom.